The highest BCUT2D eigenvalue weighted by molar-refractivity contribution is 7.47. The number of unbranched alkanes of at least 4 members (excludes halogenated alkanes) is 4. The number of carboxylic acids is 1. The van der Waals surface area contributed by atoms with Crippen LogP contribution in [0.1, 0.15) is 123 Å². The Bertz CT molecular complexity index is 1520. The number of allylic oxidation sites excluding steroid dienone is 12. The molecule has 0 bridgehead atoms. The van der Waals surface area contributed by atoms with Crippen molar-refractivity contribution in [2.45, 2.75) is 147 Å². The van der Waals surface area contributed by atoms with Gasteiger partial charge in [-0.15, -0.1) is 0 Å². The summed E-state index contributed by atoms with van der Waals surface area (Å²) in [6.07, 6.45) is 36.0. The zero-order valence-electron chi connectivity index (χ0n) is 36.2. The Morgan fingerprint density at radius 3 is 1.93 bits per heavy atom. The van der Waals surface area contributed by atoms with Gasteiger partial charge in [0.15, 0.2) is 6.10 Å². The minimum atomic E-state index is -4.80. The zero-order chi connectivity index (χ0) is 45.1. The van der Waals surface area contributed by atoms with Gasteiger partial charge in [-0.3, -0.25) is 28.2 Å². The van der Waals surface area contributed by atoms with E-state index < -0.39 is 75.8 Å². The molecule has 0 aromatic carbocycles. The number of ether oxygens (including phenoxy) is 2. The van der Waals surface area contributed by atoms with E-state index in [-0.39, 0.29) is 31.0 Å². The number of hydrogen-bond donors (Lipinski definition) is 5. The molecule has 7 atom stereocenters. The molecule has 0 saturated heterocycles. The van der Waals surface area contributed by atoms with Gasteiger partial charge in [0, 0.05) is 31.1 Å². The van der Waals surface area contributed by atoms with Crippen LogP contribution in [0.3, 0.4) is 0 Å². The van der Waals surface area contributed by atoms with Crippen LogP contribution in [0.5, 0.6) is 0 Å². The molecule has 0 radical (unpaired) electrons. The first-order chi connectivity index (χ1) is 29.3. The van der Waals surface area contributed by atoms with E-state index in [1.165, 1.54) is 0 Å². The molecule has 0 aromatic rings. The molecule has 344 valence electrons. The van der Waals surface area contributed by atoms with E-state index in [0.717, 1.165) is 51.4 Å². The van der Waals surface area contributed by atoms with Crippen LogP contribution < -0.4 is 5.73 Å². The summed E-state index contributed by atoms with van der Waals surface area (Å²) in [5.41, 5.74) is 5.32. The number of Topliss-reactive ketones (excluding diaryl/α,β-unsaturated/α-hetero) is 1. The Labute approximate surface area is 362 Å². The van der Waals surface area contributed by atoms with Crippen LogP contribution in [0.25, 0.3) is 0 Å². The first-order valence-electron chi connectivity index (χ1n) is 21.7. The number of carbonyl (C=O) groups excluding carboxylic acids is 3. The van der Waals surface area contributed by atoms with E-state index in [9.17, 15) is 38.8 Å². The van der Waals surface area contributed by atoms with Gasteiger partial charge in [-0.25, -0.2) is 4.57 Å². The molecule has 14 nitrogen and oxygen atoms in total. The number of carbonyl (C=O) groups is 4. The second-order valence-corrected chi connectivity index (χ2v) is 16.3. The molecule has 1 aliphatic carbocycles. The van der Waals surface area contributed by atoms with Crippen molar-refractivity contribution >= 4 is 31.5 Å². The van der Waals surface area contributed by atoms with Crippen LogP contribution in [0.4, 0.5) is 0 Å². The van der Waals surface area contributed by atoms with Gasteiger partial charge >= 0.3 is 25.7 Å². The van der Waals surface area contributed by atoms with Gasteiger partial charge in [0.25, 0.3) is 0 Å². The fourth-order valence-electron chi connectivity index (χ4n) is 6.02. The molecule has 15 heteroatoms. The van der Waals surface area contributed by atoms with Gasteiger partial charge in [-0.05, 0) is 70.6 Å². The summed E-state index contributed by atoms with van der Waals surface area (Å²) in [6.45, 7) is 2.23. The van der Waals surface area contributed by atoms with Gasteiger partial charge in [-0.2, -0.15) is 0 Å². The van der Waals surface area contributed by atoms with Crippen molar-refractivity contribution in [1.29, 1.82) is 0 Å². The highest BCUT2D eigenvalue weighted by Gasteiger charge is 2.39. The molecule has 0 aliphatic heterocycles. The van der Waals surface area contributed by atoms with Crippen molar-refractivity contribution in [3.63, 3.8) is 0 Å². The third kappa shape index (κ3) is 29.2. The van der Waals surface area contributed by atoms with Gasteiger partial charge in [0.2, 0.25) is 0 Å². The van der Waals surface area contributed by atoms with Crippen LogP contribution in [-0.2, 0) is 42.3 Å². The topological polar surface area (TPSA) is 229 Å². The second kappa shape index (κ2) is 34.8. The lowest BCUT2D eigenvalue weighted by atomic mass is 9.90. The Morgan fingerprint density at radius 2 is 1.34 bits per heavy atom. The SMILES string of the molecule is CC/C=C\C/C=C\C/C=C\C/C=C\C/C=C\CCCC(=O)O[C@H](COC(=O)CCC/C=C\C[C@H]1C(=O)C[C@@H](O)[C@@H]1/C=C/[C@@H](O)CCCCC)COP(=O)(O)OC[C@H](N)C(=O)O. The summed E-state index contributed by atoms with van der Waals surface area (Å²) in [4.78, 5) is 58.7. The van der Waals surface area contributed by atoms with Crippen LogP contribution in [0.2, 0.25) is 0 Å². The normalized spacial score (nSPS) is 20.0. The monoisotopic (exact) mass is 877 g/mol. The third-order valence-electron chi connectivity index (χ3n) is 9.50. The number of esters is 2. The average Bonchev–Trinajstić information content (AvgIpc) is 3.49. The lowest BCUT2D eigenvalue weighted by Gasteiger charge is -2.20. The smallest absolute Gasteiger partial charge is 0.472 e. The average molecular weight is 878 g/mol. The largest absolute Gasteiger partial charge is 0.480 e. The molecule has 1 unspecified atom stereocenters. The van der Waals surface area contributed by atoms with E-state index >= 15 is 0 Å². The second-order valence-electron chi connectivity index (χ2n) is 14.9. The van der Waals surface area contributed by atoms with Crippen LogP contribution in [-0.4, -0.2) is 88.1 Å². The maximum atomic E-state index is 12.6. The van der Waals surface area contributed by atoms with E-state index in [4.69, 9.17) is 24.8 Å². The number of nitrogens with two attached hydrogens (primary N) is 1. The molecular formula is C46H72NO13P. The summed E-state index contributed by atoms with van der Waals surface area (Å²) in [5.74, 6) is -3.51. The lowest BCUT2D eigenvalue weighted by molar-refractivity contribution is -0.161. The molecule has 61 heavy (non-hydrogen) atoms. The maximum absolute atomic E-state index is 12.6. The fraction of sp³-hybridized carbons (Fsp3) is 0.609. The number of aliphatic hydroxyl groups is 2. The van der Waals surface area contributed by atoms with Crippen LogP contribution in [0.15, 0.2) is 85.1 Å². The summed E-state index contributed by atoms with van der Waals surface area (Å²) in [6, 6.07) is -1.58. The Hall–Kier alpha value is -3.75. The van der Waals surface area contributed by atoms with Crippen molar-refractivity contribution in [2.75, 3.05) is 19.8 Å². The molecule has 1 fully saturated rings. The van der Waals surface area contributed by atoms with Crippen molar-refractivity contribution in [1.82, 2.24) is 0 Å². The quantitative estimate of drug-likeness (QED) is 0.0175. The molecule has 0 spiro atoms. The number of hydrogen-bond acceptors (Lipinski definition) is 12. The zero-order valence-corrected chi connectivity index (χ0v) is 37.1. The number of aliphatic carboxylic acids is 1. The molecule has 6 N–H and O–H groups in total. The highest BCUT2D eigenvalue weighted by Crippen LogP contribution is 2.43. The maximum Gasteiger partial charge on any atom is 0.472 e. The van der Waals surface area contributed by atoms with Gasteiger partial charge in [0.05, 0.1) is 25.4 Å². The van der Waals surface area contributed by atoms with E-state index in [2.05, 4.69) is 67.0 Å². The van der Waals surface area contributed by atoms with Crippen LogP contribution >= 0.6 is 7.82 Å². The van der Waals surface area contributed by atoms with Gasteiger partial charge in [0.1, 0.15) is 18.4 Å². The minimum Gasteiger partial charge on any atom is -0.480 e. The summed E-state index contributed by atoms with van der Waals surface area (Å²) >= 11 is 0. The predicted molar refractivity (Wildman–Crippen MR) is 236 cm³/mol. The van der Waals surface area contributed by atoms with Gasteiger partial charge in [-0.1, -0.05) is 118 Å². The van der Waals surface area contributed by atoms with E-state index in [1.54, 1.807) is 12.2 Å². The number of aliphatic hydroxyl groups excluding tert-OH is 2. The molecule has 1 rings (SSSR count). The highest BCUT2D eigenvalue weighted by atomic mass is 31.2. The number of rotatable bonds is 35. The summed E-state index contributed by atoms with van der Waals surface area (Å²) in [5, 5.41) is 29.6. The number of carboxylic acid groups (broad SMARTS) is 1. The molecule has 1 saturated carbocycles. The third-order valence-corrected chi connectivity index (χ3v) is 10.4. The van der Waals surface area contributed by atoms with Crippen molar-refractivity contribution in [3.05, 3.63) is 85.1 Å². The van der Waals surface area contributed by atoms with Crippen LogP contribution in [0, 0.1) is 11.8 Å². The Kier molecular flexibility index (Phi) is 31.5. The molecular weight excluding hydrogens is 805 g/mol. The molecule has 0 amide bonds. The van der Waals surface area contributed by atoms with Crippen molar-refractivity contribution in [2.24, 2.45) is 17.6 Å². The fourth-order valence-corrected chi connectivity index (χ4v) is 6.80. The lowest BCUT2D eigenvalue weighted by Crippen LogP contribution is -2.34. The first kappa shape index (κ1) is 55.3. The molecule has 0 aromatic heterocycles. The van der Waals surface area contributed by atoms with E-state index in [0.29, 0.717) is 38.5 Å². The predicted octanol–water partition coefficient (Wildman–Crippen LogP) is 8.09. The molecule has 0 heterocycles. The summed E-state index contributed by atoms with van der Waals surface area (Å²) < 4.78 is 32.6. The Balaban J connectivity index is 2.56. The molecule has 1 aliphatic rings. The number of ketones is 1. The number of phosphoric acid groups is 1. The van der Waals surface area contributed by atoms with E-state index in [1.807, 2.05) is 24.3 Å². The minimum absolute atomic E-state index is 0.0101. The van der Waals surface area contributed by atoms with Crippen molar-refractivity contribution < 1.29 is 62.5 Å². The van der Waals surface area contributed by atoms with Crippen molar-refractivity contribution in [3.8, 4) is 0 Å². The Morgan fingerprint density at radius 1 is 0.787 bits per heavy atom. The standard InChI is InChI=1S/C46H72NO13P/c1-3-5-7-8-9-10-11-12-13-14-15-16-17-18-19-20-26-30-45(52)60-38(35-58-61(55,56)59-36-41(47)46(53)54)34-57-44(51)29-25-22-21-24-28-39-40(43(50)33-42(39)49)32-31-37(48)27-23-6-4-2/h5,7,9-10,12-13,15-16,18-19,21,24,31-32,37-41,43,48,50H,3-4,6,8,11,14,17,20,22-23,25-30,33-36,47H2,1-2H3,(H,53,54)(H,55,56)/b7-5-,10-9-,13-12-,16-15-,19-18-,24-21-,32-31+/t37-,38+,39+,40+,41-,43+/m0/s1. The first-order valence-corrected chi connectivity index (χ1v) is 23.2. The van der Waals surface area contributed by atoms with Gasteiger partial charge < -0.3 is 35.4 Å². The summed E-state index contributed by atoms with van der Waals surface area (Å²) in [7, 11) is -4.80. The number of phosphoric ester groups is 1.